The largest absolute Gasteiger partial charge is 0.376 e. The molecule has 0 unspecified atom stereocenters. The lowest BCUT2D eigenvalue weighted by Crippen LogP contribution is -2.39. The molecule has 0 radical (unpaired) electrons. The summed E-state index contributed by atoms with van der Waals surface area (Å²) in [6.45, 7) is 1.42. The summed E-state index contributed by atoms with van der Waals surface area (Å²) >= 11 is 5.02. The van der Waals surface area contributed by atoms with Crippen LogP contribution in [0.3, 0.4) is 0 Å². The minimum Gasteiger partial charge on any atom is -0.376 e. The molecule has 2 atom stereocenters. The van der Waals surface area contributed by atoms with Crippen LogP contribution in [0, 0.1) is 0 Å². The van der Waals surface area contributed by atoms with Crippen LogP contribution in [0.15, 0.2) is 15.9 Å². The third-order valence-corrected chi connectivity index (χ3v) is 4.90. The molecule has 0 spiro atoms. The molecule has 106 valence electrons. The Labute approximate surface area is 126 Å². The van der Waals surface area contributed by atoms with Crippen LogP contribution in [0.25, 0.3) is 0 Å². The van der Waals surface area contributed by atoms with E-state index in [0.717, 1.165) is 28.8 Å². The van der Waals surface area contributed by atoms with E-state index in [2.05, 4.69) is 21.2 Å². The molecule has 2 heterocycles. The molecule has 1 aromatic rings. The maximum absolute atomic E-state index is 12.3. The van der Waals surface area contributed by atoms with Crippen molar-refractivity contribution in [2.75, 3.05) is 27.2 Å². The molecule has 1 fully saturated rings. The second kappa shape index (κ2) is 6.83. The molecular formula is C13H19BrN2O2S. The van der Waals surface area contributed by atoms with Gasteiger partial charge >= 0.3 is 0 Å². The Bertz CT molecular complexity index is 430. The summed E-state index contributed by atoms with van der Waals surface area (Å²) < 4.78 is 6.54. The van der Waals surface area contributed by atoms with Gasteiger partial charge in [-0.25, -0.2) is 0 Å². The fraction of sp³-hybridized carbons (Fsp3) is 0.615. The van der Waals surface area contributed by atoms with Gasteiger partial charge in [0.15, 0.2) is 0 Å². The lowest BCUT2D eigenvalue weighted by Gasteiger charge is -2.23. The Morgan fingerprint density at radius 1 is 1.68 bits per heavy atom. The molecule has 1 aromatic heterocycles. The van der Waals surface area contributed by atoms with E-state index >= 15 is 0 Å². The average Bonchev–Trinajstić information content (AvgIpc) is 2.98. The van der Waals surface area contributed by atoms with E-state index in [1.807, 2.05) is 30.4 Å². The van der Waals surface area contributed by atoms with Gasteiger partial charge in [0.2, 0.25) is 5.91 Å². The van der Waals surface area contributed by atoms with Crippen molar-refractivity contribution in [3.05, 3.63) is 20.8 Å². The Morgan fingerprint density at radius 2 is 2.47 bits per heavy atom. The van der Waals surface area contributed by atoms with Gasteiger partial charge in [-0.05, 0) is 48.9 Å². The third-order valence-electron chi connectivity index (χ3n) is 3.15. The molecule has 1 aliphatic rings. The molecule has 0 bridgehead atoms. The van der Waals surface area contributed by atoms with Gasteiger partial charge in [-0.2, -0.15) is 0 Å². The highest BCUT2D eigenvalue weighted by molar-refractivity contribution is 9.10. The monoisotopic (exact) mass is 346 g/mol. The number of carbonyl (C=O) groups is 1. The second-order valence-corrected chi connectivity index (χ2v) is 6.77. The zero-order valence-electron chi connectivity index (χ0n) is 11.2. The number of likely N-dealkylation sites (N-methyl/N-ethyl adjacent to an activating group) is 1. The molecule has 0 aliphatic carbocycles. The molecule has 19 heavy (non-hydrogen) atoms. The van der Waals surface area contributed by atoms with E-state index in [1.54, 1.807) is 11.3 Å². The maximum atomic E-state index is 12.3. The van der Waals surface area contributed by atoms with Crippen LogP contribution in [0.4, 0.5) is 0 Å². The van der Waals surface area contributed by atoms with E-state index in [1.165, 1.54) is 0 Å². The topological polar surface area (TPSA) is 41.6 Å². The number of rotatable bonds is 5. The predicted octanol–water partition coefficient (Wildman–Crippen LogP) is 2.41. The van der Waals surface area contributed by atoms with Crippen LogP contribution in [0.1, 0.15) is 23.8 Å². The van der Waals surface area contributed by atoms with Crippen LogP contribution in [-0.2, 0) is 9.53 Å². The number of ether oxygens (including phenoxy) is 1. The van der Waals surface area contributed by atoms with Crippen LogP contribution < -0.4 is 5.32 Å². The highest BCUT2D eigenvalue weighted by atomic mass is 79.9. The third kappa shape index (κ3) is 4.02. The normalized spacial score (nSPS) is 20.7. The van der Waals surface area contributed by atoms with Gasteiger partial charge in [0.1, 0.15) is 6.04 Å². The van der Waals surface area contributed by atoms with E-state index in [-0.39, 0.29) is 18.1 Å². The molecule has 0 aromatic carbocycles. The van der Waals surface area contributed by atoms with Gasteiger partial charge in [0.25, 0.3) is 0 Å². The van der Waals surface area contributed by atoms with Crippen LogP contribution >= 0.6 is 27.3 Å². The quantitative estimate of drug-likeness (QED) is 0.889. The van der Waals surface area contributed by atoms with Crippen LogP contribution in [0.2, 0.25) is 0 Å². The SMILES string of the molecule is CN(C)[C@@H](C(=O)NC[C@@H]1CCCO1)c1cc(Br)cs1. The Balaban J connectivity index is 1.96. The number of hydrogen-bond donors (Lipinski definition) is 1. The van der Waals surface area contributed by atoms with E-state index in [4.69, 9.17) is 4.74 Å². The lowest BCUT2D eigenvalue weighted by atomic mass is 10.2. The van der Waals surface area contributed by atoms with Crippen molar-refractivity contribution in [3.8, 4) is 0 Å². The Morgan fingerprint density at radius 3 is 3.00 bits per heavy atom. The minimum absolute atomic E-state index is 0.0369. The zero-order chi connectivity index (χ0) is 13.8. The number of hydrogen-bond acceptors (Lipinski definition) is 4. The van der Waals surface area contributed by atoms with Crippen LogP contribution in [0.5, 0.6) is 0 Å². The summed E-state index contributed by atoms with van der Waals surface area (Å²) in [6.07, 6.45) is 2.31. The molecule has 6 heteroatoms. The smallest absolute Gasteiger partial charge is 0.242 e. The highest BCUT2D eigenvalue weighted by Crippen LogP contribution is 2.28. The van der Waals surface area contributed by atoms with Crippen molar-refractivity contribution in [2.45, 2.75) is 25.0 Å². The molecule has 0 saturated carbocycles. The number of halogens is 1. The number of amides is 1. The van der Waals surface area contributed by atoms with Crippen molar-refractivity contribution in [1.82, 2.24) is 10.2 Å². The molecule has 2 rings (SSSR count). The molecular weight excluding hydrogens is 328 g/mol. The molecule has 1 N–H and O–H groups in total. The fourth-order valence-electron chi connectivity index (χ4n) is 2.21. The summed E-state index contributed by atoms with van der Waals surface area (Å²) in [7, 11) is 3.84. The van der Waals surface area contributed by atoms with Crippen LogP contribution in [-0.4, -0.2) is 44.2 Å². The highest BCUT2D eigenvalue weighted by Gasteiger charge is 2.25. The van der Waals surface area contributed by atoms with Gasteiger partial charge in [-0.15, -0.1) is 11.3 Å². The fourth-order valence-corrected chi connectivity index (χ4v) is 3.84. The standard InChI is InChI=1S/C13H19BrN2O2S/c1-16(2)12(11-6-9(14)8-19-11)13(17)15-7-10-4-3-5-18-10/h6,8,10,12H,3-5,7H2,1-2H3,(H,15,17)/t10-,12+/m0/s1. The van der Waals surface area contributed by atoms with Crippen molar-refractivity contribution >= 4 is 33.2 Å². The lowest BCUT2D eigenvalue weighted by molar-refractivity contribution is -0.126. The molecule has 1 amide bonds. The number of nitrogens with zero attached hydrogens (tertiary/aromatic N) is 1. The van der Waals surface area contributed by atoms with E-state index in [0.29, 0.717) is 6.54 Å². The summed E-state index contributed by atoms with van der Waals surface area (Å²) in [5.41, 5.74) is 0. The van der Waals surface area contributed by atoms with Gasteiger partial charge in [-0.1, -0.05) is 0 Å². The minimum atomic E-state index is -0.238. The van der Waals surface area contributed by atoms with Gasteiger partial charge in [-0.3, -0.25) is 9.69 Å². The summed E-state index contributed by atoms with van der Waals surface area (Å²) in [6, 6.07) is 1.76. The summed E-state index contributed by atoms with van der Waals surface area (Å²) in [5.74, 6) is 0.0369. The molecule has 4 nitrogen and oxygen atoms in total. The zero-order valence-corrected chi connectivity index (χ0v) is 13.6. The Hall–Kier alpha value is -0.430. The molecule has 1 aliphatic heterocycles. The average molecular weight is 347 g/mol. The van der Waals surface area contributed by atoms with Crippen molar-refractivity contribution in [3.63, 3.8) is 0 Å². The Kier molecular flexibility index (Phi) is 5.38. The first-order chi connectivity index (χ1) is 9.08. The van der Waals surface area contributed by atoms with E-state index in [9.17, 15) is 4.79 Å². The first-order valence-corrected chi connectivity index (χ1v) is 8.05. The molecule has 1 saturated heterocycles. The van der Waals surface area contributed by atoms with Crippen molar-refractivity contribution in [2.24, 2.45) is 0 Å². The summed E-state index contributed by atoms with van der Waals surface area (Å²) in [5, 5.41) is 5.00. The number of carbonyl (C=O) groups excluding carboxylic acids is 1. The number of thiophene rings is 1. The maximum Gasteiger partial charge on any atom is 0.242 e. The van der Waals surface area contributed by atoms with Gasteiger partial charge < -0.3 is 10.1 Å². The van der Waals surface area contributed by atoms with E-state index < -0.39 is 0 Å². The number of nitrogens with one attached hydrogen (secondary N) is 1. The van der Waals surface area contributed by atoms with Crippen molar-refractivity contribution in [1.29, 1.82) is 0 Å². The first-order valence-electron chi connectivity index (χ1n) is 6.37. The van der Waals surface area contributed by atoms with Crippen molar-refractivity contribution < 1.29 is 9.53 Å². The van der Waals surface area contributed by atoms with Gasteiger partial charge in [0, 0.05) is 27.9 Å². The second-order valence-electron chi connectivity index (χ2n) is 4.91. The summed E-state index contributed by atoms with van der Waals surface area (Å²) in [4.78, 5) is 15.3. The van der Waals surface area contributed by atoms with Gasteiger partial charge in [0.05, 0.1) is 6.10 Å². The predicted molar refractivity (Wildman–Crippen MR) is 80.4 cm³/mol. The first kappa shape index (κ1) is 15.0.